The van der Waals surface area contributed by atoms with Gasteiger partial charge in [0.25, 0.3) is 0 Å². The van der Waals surface area contributed by atoms with Crippen LogP contribution in [0.1, 0.15) is 17.5 Å². The second-order valence-electron chi connectivity index (χ2n) is 4.43. The molecular weight excluding hydrogens is 234 g/mol. The molecule has 96 valence electrons. The van der Waals surface area contributed by atoms with Crippen LogP contribution in [-0.4, -0.2) is 6.54 Å². The summed E-state index contributed by atoms with van der Waals surface area (Å²) in [4.78, 5) is 0. The minimum atomic E-state index is 0.523. The monoisotopic (exact) mass is 251 g/mol. The topological polar surface area (TPSA) is 61.8 Å². The molecule has 0 aliphatic heterocycles. The van der Waals surface area contributed by atoms with E-state index in [-0.39, 0.29) is 0 Å². The molecule has 0 saturated heterocycles. The molecule has 0 aromatic heterocycles. The van der Waals surface area contributed by atoms with Crippen LogP contribution in [0.3, 0.4) is 0 Å². The number of hydrogen-bond donors (Lipinski definition) is 2. The van der Waals surface area contributed by atoms with E-state index in [1.165, 1.54) is 5.56 Å². The summed E-state index contributed by atoms with van der Waals surface area (Å²) in [5.74, 6) is 0. The summed E-state index contributed by atoms with van der Waals surface area (Å²) >= 11 is 0. The van der Waals surface area contributed by atoms with Crippen LogP contribution in [-0.2, 0) is 6.42 Å². The van der Waals surface area contributed by atoms with Crippen molar-refractivity contribution in [3.8, 4) is 6.07 Å². The van der Waals surface area contributed by atoms with Gasteiger partial charge in [-0.2, -0.15) is 5.26 Å². The minimum absolute atomic E-state index is 0.523. The quantitative estimate of drug-likeness (QED) is 0.633. The molecule has 0 heterocycles. The van der Waals surface area contributed by atoms with Gasteiger partial charge in [-0.1, -0.05) is 30.3 Å². The Bertz CT molecular complexity index is 570. The molecule has 0 unspecified atom stereocenters. The van der Waals surface area contributed by atoms with Crippen LogP contribution in [0.25, 0.3) is 0 Å². The smallest absolute Gasteiger partial charge is 0.101 e. The summed E-state index contributed by atoms with van der Waals surface area (Å²) in [5, 5.41) is 12.1. The van der Waals surface area contributed by atoms with Crippen LogP contribution in [0, 0.1) is 11.3 Å². The van der Waals surface area contributed by atoms with Crippen molar-refractivity contribution in [2.75, 3.05) is 17.6 Å². The van der Waals surface area contributed by atoms with Crippen LogP contribution in [0.5, 0.6) is 0 Å². The Morgan fingerprint density at radius 3 is 2.58 bits per heavy atom. The van der Waals surface area contributed by atoms with E-state index in [2.05, 4.69) is 35.7 Å². The molecule has 0 radical (unpaired) electrons. The average molecular weight is 251 g/mol. The number of nitrogens with one attached hydrogen (secondary N) is 1. The van der Waals surface area contributed by atoms with Crippen LogP contribution >= 0.6 is 0 Å². The van der Waals surface area contributed by atoms with E-state index in [1.807, 2.05) is 12.1 Å². The van der Waals surface area contributed by atoms with Crippen molar-refractivity contribution < 1.29 is 0 Å². The van der Waals surface area contributed by atoms with E-state index in [1.54, 1.807) is 12.1 Å². The minimum Gasteiger partial charge on any atom is -0.398 e. The van der Waals surface area contributed by atoms with Crippen LogP contribution in [0.2, 0.25) is 0 Å². The first-order valence-corrected chi connectivity index (χ1v) is 6.37. The highest BCUT2D eigenvalue weighted by molar-refractivity contribution is 5.62. The lowest BCUT2D eigenvalue weighted by molar-refractivity contribution is 0.863. The van der Waals surface area contributed by atoms with Crippen LogP contribution in [0.15, 0.2) is 48.5 Å². The van der Waals surface area contributed by atoms with Crippen molar-refractivity contribution in [2.45, 2.75) is 12.8 Å². The van der Waals surface area contributed by atoms with Crippen LogP contribution in [0.4, 0.5) is 11.4 Å². The Labute approximate surface area is 113 Å². The second kappa shape index (κ2) is 6.46. The zero-order valence-electron chi connectivity index (χ0n) is 10.8. The Kier molecular flexibility index (Phi) is 4.41. The van der Waals surface area contributed by atoms with E-state index in [0.29, 0.717) is 11.3 Å². The lowest BCUT2D eigenvalue weighted by Gasteiger charge is -2.08. The van der Waals surface area contributed by atoms with Gasteiger partial charge in [-0.15, -0.1) is 0 Å². The van der Waals surface area contributed by atoms with Gasteiger partial charge >= 0.3 is 0 Å². The Hall–Kier alpha value is -2.47. The number of nitrogen functional groups attached to an aromatic ring is 1. The van der Waals surface area contributed by atoms with Crippen molar-refractivity contribution in [2.24, 2.45) is 0 Å². The van der Waals surface area contributed by atoms with Crippen molar-refractivity contribution in [1.29, 1.82) is 5.26 Å². The number of anilines is 2. The highest BCUT2D eigenvalue weighted by atomic mass is 14.9. The lowest BCUT2D eigenvalue weighted by atomic mass is 10.1. The highest BCUT2D eigenvalue weighted by Crippen LogP contribution is 2.17. The molecule has 0 spiro atoms. The number of rotatable bonds is 5. The number of benzene rings is 2. The maximum atomic E-state index is 8.80. The fourth-order valence-electron chi connectivity index (χ4n) is 1.94. The molecule has 3 heteroatoms. The van der Waals surface area contributed by atoms with E-state index < -0.39 is 0 Å². The summed E-state index contributed by atoms with van der Waals surface area (Å²) in [6.07, 6.45) is 2.11. The number of hydrogen-bond acceptors (Lipinski definition) is 3. The molecule has 3 nitrogen and oxygen atoms in total. The van der Waals surface area contributed by atoms with Gasteiger partial charge in [0.05, 0.1) is 11.3 Å². The number of nitriles is 1. The summed E-state index contributed by atoms with van der Waals surface area (Å²) in [6, 6.07) is 17.9. The third-order valence-corrected chi connectivity index (χ3v) is 2.99. The van der Waals surface area contributed by atoms with Crippen LogP contribution < -0.4 is 11.1 Å². The van der Waals surface area contributed by atoms with Gasteiger partial charge < -0.3 is 11.1 Å². The average Bonchev–Trinajstić information content (AvgIpc) is 2.45. The standard InChI is InChI=1S/C16H17N3/c17-12-14-8-9-15(11-16(14)18)19-10-4-7-13-5-2-1-3-6-13/h1-3,5-6,8-9,11,19H,4,7,10,18H2. The fraction of sp³-hybridized carbons (Fsp3) is 0.188. The third kappa shape index (κ3) is 3.75. The van der Waals surface area contributed by atoms with Gasteiger partial charge in [-0.3, -0.25) is 0 Å². The van der Waals surface area contributed by atoms with Crippen molar-refractivity contribution >= 4 is 11.4 Å². The van der Waals surface area contributed by atoms with E-state index in [4.69, 9.17) is 11.0 Å². The largest absolute Gasteiger partial charge is 0.398 e. The molecule has 2 rings (SSSR count). The predicted molar refractivity (Wildman–Crippen MR) is 78.8 cm³/mol. The van der Waals surface area contributed by atoms with Gasteiger partial charge in [0, 0.05) is 12.2 Å². The maximum Gasteiger partial charge on any atom is 0.101 e. The summed E-state index contributed by atoms with van der Waals surface area (Å²) in [6.45, 7) is 0.889. The van der Waals surface area contributed by atoms with Gasteiger partial charge in [0.15, 0.2) is 0 Å². The van der Waals surface area contributed by atoms with E-state index in [0.717, 1.165) is 25.1 Å². The van der Waals surface area contributed by atoms with Gasteiger partial charge in [-0.25, -0.2) is 0 Å². The molecule has 2 aromatic carbocycles. The van der Waals surface area contributed by atoms with Crippen molar-refractivity contribution in [1.82, 2.24) is 0 Å². The summed E-state index contributed by atoms with van der Waals surface area (Å²) in [5.41, 5.74) is 9.12. The lowest BCUT2D eigenvalue weighted by Crippen LogP contribution is -2.03. The van der Waals surface area contributed by atoms with Crippen molar-refractivity contribution in [3.63, 3.8) is 0 Å². The second-order valence-corrected chi connectivity index (χ2v) is 4.43. The first-order valence-electron chi connectivity index (χ1n) is 6.37. The maximum absolute atomic E-state index is 8.80. The number of nitrogens with two attached hydrogens (primary N) is 1. The van der Waals surface area contributed by atoms with E-state index >= 15 is 0 Å². The first kappa shape index (κ1) is 13.0. The molecule has 0 aliphatic carbocycles. The SMILES string of the molecule is N#Cc1ccc(NCCCc2ccccc2)cc1N. The normalized spacial score (nSPS) is 9.84. The summed E-state index contributed by atoms with van der Waals surface area (Å²) in [7, 11) is 0. The first-order chi connectivity index (χ1) is 9.29. The Balaban J connectivity index is 1.80. The zero-order chi connectivity index (χ0) is 13.5. The number of nitrogens with zero attached hydrogens (tertiary/aromatic N) is 1. The molecule has 0 atom stereocenters. The zero-order valence-corrected chi connectivity index (χ0v) is 10.8. The van der Waals surface area contributed by atoms with Gasteiger partial charge in [0.1, 0.15) is 6.07 Å². The molecule has 2 aromatic rings. The molecule has 3 N–H and O–H groups in total. The molecule has 0 aliphatic rings. The highest BCUT2D eigenvalue weighted by Gasteiger charge is 1.99. The van der Waals surface area contributed by atoms with Gasteiger partial charge in [-0.05, 0) is 36.6 Å². The Morgan fingerprint density at radius 2 is 1.89 bits per heavy atom. The van der Waals surface area contributed by atoms with Crippen molar-refractivity contribution in [3.05, 3.63) is 59.7 Å². The predicted octanol–water partition coefficient (Wildman–Crippen LogP) is 3.19. The number of aryl methyl sites for hydroxylation is 1. The van der Waals surface area contributed by atoms with E-state index in [9.17, 15) is 0 Å². The molecule has 0 bridgehead atoms. The molecule has 0 fully saturated rings. The molecule has 0 saturated carbocycles. The Morgan fingerprint density at radius 1 is 1.11 bits per heavy atom. The third-order valence-electron chi connectivity index (χ3n) is 2.99. The molecular formula is C16H17N3. The van der Waals surface area contributed by atoms with Gasteiger partial charge in [0.2, 0.25) is 0 Å². The summed E-state index contributed by atoms with van der Waals surface area (Å²) < 4.78 is 0. The molecule has 19 heavy (non-hydrogen) atoms. The fourth-order valence-corrected chi connectivity index (χ4v) is 1.94. The molecule has 0 amide bonds.